The van der Waals surface area contributed by atoms with Gasteiger partial charge in [0.2, 0.25) is 5.91 Å². The lowest BCUT2D eigenvalue weighted by atomic mass is 10.1. The molecule has 0 saturated heterocycles. The maximum absolute atomic E-state index is 12.5. The second kappa shape index (κ2) is 6.43. The molecular weight excluding hydrogens is 302 g/mol. The van der Waals surface area contributed by atoms with Crippen LogP contribution >= 0.6 is 0 Å². The second-order valence-electron chi connectivity index (χ2n) is 6.33. The summed E-state index contributed by atoms with van der Waals surface area (Å²) < 4.78 is 5.82. The van der Waals surface area contributed by atoms with Gasteiger partial charge in [0.25, 0.3) is 0 Å². The molecule has 0 fully saturated rings. The summed E-state index contributed by atoms with van der Waals surface area (Å²) in [7, 11) is 0. The van der Waals surface area contributed by atoms with Crippen molar-refractivity contribution >= 4 is 23.0 Å². The van der Waals surface area contributed by atoms with Crippen molar-refractivity contribution in [3.8, 4) is 5.75 Å². The van der Waals surface area contributed by atoms with Gasteiger partial charge in [-0.3, -0.25) is 4.79 Å². The third-order valence-electron chi connectivity index (χ3n) is 4.34. The van der Waals surface area contributed by atoms with Gasteiger partial charge in [-0.1, -0.05) is 12.1 Å². The first-order valence-electron chi connectivity index (χ1n) is 8.11. The fourth-order valence-electron chi connectivity index (χ4n) is 2.94. The van der Waals surface area contributed by atoms with Crippen molar-refractivity contribution in [2.24, 2.45) is 0 Å². The summed E-state index contributed by atoms with van der Waals surface area (Å²) in [6.07, 6.45) is 0.0228. The molecule has 1 amide bonds. The van der Waals surface area contributed by atoms with Gasteiger partial charge in [-0.2, -0.15) is 0 Å². The highest BCUT2D eigenvalue weighted by Crippen LogP contribution is 2.34. The highest BCUT2D eigenvalue weighted by atomic mass is 16.5. The van der Waals surface area contributed by atoms with Crippen LogP contribution in [0.1, 0.15) is 18.1 Å². The molecule has 3 N–H and O–H groups in total. The molecule has 0 radical (unpaired) electrons. The molecule has 3 rings (SSSR count). The zero-order valence-electron chi connectivity index (χ0n) is 14.3. The zero-order valence-corrected chi connectivity index (χ0v) is 14.3. The number of carbonyl (C=O) groups is 1. The third-order valence-corrected chi connectivity index (χ3v) is 4.34. The van der Waals surface area contributed by atoms with E-state index in [1.54, 1.807) is 0 Å². The van der Waals surface area contributed by atoms with Crippen molar-refractivity contribution in [1.29, 1.82) is 0 Å². The Morgan fingerprint density at radius 3 is 2.92 bits per heavy atom. The minimum absolute atomic E-state index is 0.0228. The van der Waals surface area contributed by atoms with E-state index in [1.807, 2.05) is 62.1 Å². The number of anilines is 3. The molecule has 5 heteroatoms. The average Bonchev–Trinajstić information content (AvgIpc) is 2.52. The molecule has 2 aromatic rings. The summed E-state index contributed by atoms with van der Waals surface area (Å²) in [5.41, 5.74) is 10.5. The number of carbonyl (C=O) groups excluding carboxylic acids is 1. The molecule has 1 unspecified atom stereocenters. The standard InChI is InChI=1S/C19H23N3O2/c1-12-5-4-6-16(14(12)3)21-19(23)11-22-10-13(2)24-18-8-7-15(20)9-17(18)22/h4-9,13H,10-11,20H2,1-3H3,(H,21,23). The Kier molecular flexibility index (Phi) is 4.34. The Hall–Kier alpha value is -2.69. The minimum Gasteiger partial charge on any atom is -0.487 e. The van der Waals surface area contributed by atoms with Gasteiger partial charge in [0.05, 0.1) is 18.8 Å². The maximum atomic E-state index is 12.5. The molecule has 0 bridgehead atoms. The Balaban J connectivity index is 1.77. The molecule has 1 aliphatic heterocycles. The number of fused-ring (bicyclic) bond motifs is 1. The van der Waals surface area contributed by atoms with Gasteiger partial charge >= 0.3 is 0 Å². The molecule has 0 aromatic heterocycles. The third kappa shape index (κ3) is 3.30. The summed E-state index contributed by atoms with van der Waals surface area (Å²) >= 11 is 0. The summed E-state index contributed by atoms with van der Waals surface area (Å²) in [6, 6.07) is 11.4. The van der Waals surface area contributed by atoms with Gasteiger partial charge < -0.3 is 20.7 Å². The largest absolute Gasteiger partial charge is 0.487 e. The van der Waals surface area contributed by atoms with E-state index >= 15 is 0 Å². The summed E-state index contributed by atoms with van der Waals surface area (Å²) in [6.45, 7) is 6.95. The van der Waals surface area contributed by atoms with Gasteiger partial charge in [0.1, 0.15) is 11.9 Å². The van der Waals surface area contributed by atoms with E-state index in [2.05, 4.69) is 5.32 Å². The molecule has 0 spiro atoms. The molecule has 1 atom stereocenters. The number of nitrogens with two attached hydrogens (primary N) is 1. The Morgan fingerprint density at radius 1 is 1.33 bits per heavy atom. The van der Waals surface area contributed by atoms with Crippen LogP contribution < -0.4 is 20.7 Å². The van der Waals surface area contributed by atoms with Crippen molar-refractivity contribution in [3.05, 3.63) is 47.5 Å². The first-order valence-corrected chi connectivity index (χ1v) is 8.11. The lowest BCUT2D eigenvalue weighted by Gasteiger charge is -2.34. The molecule has 5 nitrogen and oxygen atoms in total. The van der Waals surface area contributed by atoms with E-state index in [0.717, 1.165) is 28.3 Å². The monoisotopic (exact) mass is 325 g/mol. The summed E-state index contributed by atoms with van der Waals surface area (Å²) in [5, 5.41) is 3.01. The number of amides is 1. The molecule has 126 valence electrons. The van der Waals surface area contributed by atoms with Gasteiger partial charge in [0.15, 0.2) is 0 Å². The second-order valence-corrected chi connectivity index (χ2v) is 6.33. The van der Waals surface area contributed by atoms with Crippen molar-refractivity contribution in [1.82, 2.24) is 0 Å². The Morgan fingerprint density at radius 2 is 2.12 bits per heavy atom. The highest BCUT2D eigenvalue weighted by molar-refractivity contribution is 5.95. The molecule has 2 aromatic carbocycles. The quantitative estimate of drug-likeness (QED) is 0.851. The number of aryl methyl sites for hydroxylation is 1. The van der Waals surface area contributed by atoms with Crippen LogP contribution in [0.5, 0.6) is 5.75 Å². The van der Waals surface area contributed by atoms with Gasteiger partial charge in [-0.25, -0.2) is 0 Å². The molecule has 1 heterocycles. The van der Waals surface area contributed by atoms with Crippen molar-refractivity contribution < 1.29 is 9.53 Å². The van der Waals surface area contributed by atoms with Gasteiger partial charge in [-0.15, -0.1) is 0 Å². The summed E-state index contributed by atoms with van der Waals surface area (Å²) in [5.74, 6) is 0.716. The molecule has 0 aliphatic carbocycles. The van der Waals surface area contributed by atoms with E-state index < -0.39 is 0 Å². The number of benzene rings is 2. The van der Waals surface area contributed by atoms with Crippen LogP contribution in [-0.4, -0.2) is 25.1 Å². The molecular formula is C19H23N3O2. The van der Waals surface area contributed by atoms with Crippen LogP contribution in [0.3, 0.4) is 0 Å². The predicted octanol–water partition coefficient (Wildman–Crippen LogP) is 3.11. The fourth-order valence-corrected chi connectivity index (χ4v) is 2.94. The fraction of sp³-hybridized carbons (Fsp3) is 0.316. The number of hydrogen-bond donors (Lipinski definition) is 2. The number of rotatable bonds is 3. The van der Waals surface area contributed by atoms with Crippen LogP contribution in [0, 0.1) is 13.8 Å². The first-order chi connectivity index (χ1) is 11.4. The predicted molar refractivity (Wildman–Crippen MR) is 97.7 cm³/mol. The minimum atomic E-state index is -0.0498. The number of ether oxygens (including phenoxy) is 1. The number of nitrogen functional groups attached to an aromatic ring is 1. The van der Waals surface area contributed by atoms with E-state index in [9.17, 15) is 4.79 Å². The van der Waals surface area contributed by atoms with Crippen LogP contribution in [-0.2, 0) is 4.79 Å². The van der Waals surface area contributed by atoms with E-state index in [-0.39, 0.29) is 18.6 Å². The van der Waals surface area contributed by atoms with Crippen LogP contribution in [0.2, 0.25) is 0 Å². The summed E-state index contributed by atoms with van der Waals surface area (Å²) in [4.78, 5) is 14.5. The Labute approximate surface area is 142 Å². The van der Waals surface area contributed by atoms with Gasteiger partial charge in [0, 0.05) is 11.4 Å². The SMILES string of the molecule is Cc1cccc(NC(=O)CN2CC(C)Oc3ccc(N)cc32)c1C. The van der Waals surface area contributed by atoms with Crippen molar-refractivity contribution in [2.45, 2.75) is 26.9 Å². The van der Waals surface area contributed by atoms with Crippen molar-refractivity contribution in [2.75, 3.05) is 29.0 Å². The van der Waals surface area contributed by atoms with E-state index in [1.165, 1.54) is 0 Å². The van der Waals surface area contributed by atoms with Crippen LogP contribution in [0.15, 0.2) is 36.4 Å². The number of nitrogens with zero attached hydrogens (tertiary/aromatic N) is 1. The highest BCUT2D eigenvalue weighted by Gasteiger charge is 2.24. The molecule has 24 heavy (non-hydrogen) atoms. The van der Waals surface area contributed by atoms with Crippen molar-refractivity contribution in [3.63, 3.8) is 0 Å². The molecule has 0 saturated carbocycles. The number of nitrogens with one attached hydrogen (secondary N) is 1. The van der Waals surface area contributed by atoms with Crippen LogP contribution in [0.25, 0.3) is 0 Å². The topological polar surface area (TPSA) is 67.6 Å². The smallest absolute Gasteiger partial charge is 0.243 e. The first kappa shape index (κ1) is 16.2. The lowest BCUT2D eigenvalue weighted by Crippen LogP contribution is -2.42. The maximum Gasteiger partial charge on any atom is 0.243 e. The lowest BCUT2D eigenvalue weighted by molar-refractivity contribution is -0.115. The van der Waals surface area contributed by atoms with Gasteiger partial charge in [-0.05, 0) is 56.2 Å². The molecule has 1 aliphatic rings. The van der Waals surface area contributed by atoms with Crippen LogP contribution in [0.4, 0.5) is 17.1 Å². The zero-order chi connectivity index (χ0) is 17.3. The number of hydrogen-bond acceptors (Lipinski definition) is 4. The van der Waals surface area contributed by atoms with E-state index in [0.29, 0.717) is 12.2 Å². The normalized spacial score (nSPS) is 16.3. The Bertz CT molecular complexity index is 773. The van der Waals surface area contributed by atoms with E-state index in [4.69, 9.17) is 10.5 Å². The average molecular weight is 325 g/mol.